The molecule has 0 saturated carbocycles. The van der Waals surface area contributed by atoms with Gasteiger partial charge in [0.2, 0.25) is 5.91 Å². The molecule has 1 fully saturated rings. The van der Waals surface area contributed by atoms with E-state index in [9.17, 15) is 35.1 Å². The number of ether oxygens (including phenoxy) is 3. The van der Waals surface area contributed by atoms with E-state index < -0.39 is 67.4 Å². The monoisotopic (exact) mass is 1140 g/mol. The van der Waals surface area contributed by atoms with Crippen LogP contribution in [-0.2, 0) is 23.8 Å². The van der Waals surface area contributed by atoms with Gasteiger partial charge in [-0.2, -0.15) is 0 Å². The molecule has 0 spiro atoms. The van der Waals surface area contributed by atoms with Crippen LogP contribution >= 0.6 is 0 Å². The standard InChI is InChI=1S/C70H121NO10/c1-4-7-10-13-16-19-22-25-27-29-31-32-33-35-37-40-43-46-49-52-55-58-65(75)81-68-67(77)66(76)64(59-72)80-70(68)79-60-61(62(73)56-53-50-47-44-41-38-24-21-18-15-12-9-6-3)71-69(78)63(74)57-54-51-48-45-42-39-36-34-30-28-26-23-20-17-14-11-8-5-2/h7,10,16,19,25-28,31-32,35,37,43,46,53,56,61-64,66-68,70,72-74,76-77H,4-6,8-9,11-15,17-18,20-24,29-30,33-34,36,38-42,44-45,47-52,54-55,57-60H2,1-3H3,(H,71,78)/b10-7-,19-16-,27-25-,28-26+,32-31-,37-35-,46-43-,56-53+. The molecule has 1 amide bonds. The molecule has 11 nitrogen and oxygen atoms in total. The van der Waals surface area contributed by atoms with Crippen molar-refractivity contribution < 1.29 is 49.3 Å². The Hall–Kier alpha value is -3.42. The van der Waals surface area contributed by atoms with Crippen molar-refractivity contribution >= 4 is 11.9 Å². The SMILES string of the molecule is CC/C=C\C/C=C\C/C=C\C/C=C\C/C=C\C/C=C\CCCCC(=O)OC1C(OCC(NC(=O)C(O)CCCCCCCCCC/C=C/CCCCCCCC)C(O)/C=C/CCCCCCCCCCCCC)OC(CO)C(O)C1O. The summed E-state index contributed by atoms with van der Waals surface area (Å²) < 4.78 is 17.6. The van der Waals surface area contributed by atoms with Gasteiger partial charge in [0.1, 0.15) is 24.4 Å². The van der Waals surface area contributed by atoms with Crippen LogP contribution in [0.2, 0.25) is 0 Å². The minimum atomic E-state index is -1.64. The summed E-state index contributed by atoms with van der Waals surface area (Å²) in [5.41, 5.74) is 0. The first kappa shape index (κ1) is 75.6. The summed E-state index contributed by atoms with van der Waals surface area (Å²) in [5.74, 6) is -1.24. The van der Waals surface area contributed by atoms with Gasteiger partial charge in [-0.3, -0.25) is 9.59 Å². The number of esters is 1. The molecule has 0 aliphatic carbocycles. The molecule has 0 bridgehead atoms. The Bertz CT molecular complexity index is 1690. The van der Waals surface area contributed by atoms with Crippen molar-refractivity contribution in [3.05, 3.63) is 97.2 Å². The molecule has 81 heavy (non-hydrogen) atoms. The van der Waals surface area contributed by atoms with Crippen molar-refractivity contribution in [3.63, 3.8) is 0 Å². The van der Waals surface area contributed by atoms with Gasteiger partial charge in [-0.25, -0.2) is 0 Å². The number of carbonyl (C=O) groups excluding carboxylic acids is 2. The van der Waals surface area contributed by atoms with Crippen LogP contribution in [0, 0.1) is 0 Å². The molecule has 1 aliphatic rings. The first-order valence-corrected chi connectivity index (χ1v) is 33.0. The molecule has 8 unspecified atom stereocenters. The number of amides is 1. The van der Waals surface area contributed by atoms with E-state index in [1.165, 1.54) is 128 Å². The molecule has 6 N–H and O–H groups in total. The first-order valence-electron chi connectivity index (χ1n) is 33.0. The third-order valence-corrected chi connectivity index (χ3v) is 15.0. The number of rotatable bonds is 55. The zero-order valence-corrected chi connectivity index (χ0v) is 51.6. The Morgan fingerprint density at radius 1 is 0.494 bits per heavy atom. The van der Waals surface area contributed by atoms with Crippen molar-refractivity contribution in [3.8, 4) is 0 Å². The smallest absolute Gasteiger partial charge is 0.306 e. The van der Waals surface area contributed by atoms with Gasteiger partial charge < -0.3 is 45.1 Å². The summed E-state index contributed by atoms with van der Waals surface area (Å²) >= 11 is 0. The van der Waals surface area contributed by atoms with Crippen LogP contribution in [0.5, 0.6) is 0 Å². The lowest BCUT2D eigenvalue weighted by Gasteiger charge is -2.41. The second kappa shape index (κ2) is 57.0. The van der Waals surface area contributed by atoms with Gasteiger partial charge >= 0.3 is 5.97 Å². The van der Waals surface area contributed by atoms with Crippen LogP contribution in [0.3, 0.4) is 0 Å². The number of unbranched alkanes of at least 4 members (excludes halogenated alkanes) is 27. The van der Waals surface area contributed by atoms with Gasteiger partial charge in [0.15, 0.2) is 12.4 Å². The van der Waals surface area contributed by atoms with Crippen LogP contribution in [0.15, 0.2) is 97.2 Å². The van der Waals surface area contributed by atoms with Gasteiger partial charge in [0.05, 0.1) is 25.4 Å². The van der Waals surface area contributed by atoms with Crippen LogP contribution in [0.1, 0.15) is 271 Å². The Morgan fingerprint density at radius 3 is 1.35 bits per heavy atom. The topological polar surface area (TPSA) is 175 Å². The molecule has 0 aromatic heterocycles. The third kappa shape index (κ3) is 44.7. The number of aliphatic hydroxyl groups is 5. The average Bonchev–Trinajstić information content (AvgIpc) is 3.53. The fourth-order valence-electron chi connectivity index (χ4n) is 9.77. The van der Waals surface area contributed by atoms with Crippen LogP contribution in [-0.4, -0.2) is 99.6 Å². The van der Waals surface area contributed by atoms with Crippen molar-refractivity contribution in [1.29, 1.82) is 0 Å². The highest BCUT2D eigenvalue weighted by molar-refractivity contribution is 5.80. The molecule has 1 heterocycles. The molecule has 0 aromatic carbocycles. The molecule has 466 valence electrons. The molecule has 8 atom stereocenters. The molecule has 1 saturated heterocycles. The summed E-state index contributed by atoms with van der Waals surface area (Å²) in [4.78, 5) is 26.6. The van der Waals surface area contributed by atoms with E-state index in [2.05, 4.69) is 111 Å². The third-order valence-electron chi connectivity index (χ3n) is 15.0. The van der Waals surface area contributed by atoms with Gasteiger partial charge in [0.25, 0.3) is 0 Å². The summed E-state index contributed by atoms with van der Waals surface area (Å²) in [7, 11) is 0. The fraction of sp³-hybridized carbons (Fsp3) is 0.743. The normalized spacial score (nSPS) is 19.3. The summed E-state index contributed by atoms with van der Waals surface area (Å²) in [6.07, 6.45) is 65.8. The maximum atomic E-state index is 13.5. The van der Waals surface area contributed by atoms with Crippen LogP contribution < -0.4 is 5.32 Å². The Balaban J connectivity index is 2.69. The minimum Gasteiger partial charge on any atom is -0.454 e. The molecule has 1 rings (SSSR count). The van der Waals surface area contributed by atoms with E-state index in [0.717, 1.165) is 96.3 Å². The molecule has 0 aromatic rings. The zero-order valence-electron chi connectivity index (χ0n) is 51.6. The van der Waals surface area contributed by atoms with E-state index in [1.807, 2.05) is 6.08 Å². The van der Waals surface area contributed by atoms with E-state index in [-0.39, 0.29) is 19.4 Å². The van der Waals surface area contributed by atoms with Crippen molar-refractivity contribution in [2.45, 2.75) is 320 Å². The zero-order chi connectivity index (χ0) is 58.9. The molecule has 0 radical (unpaired) electrons. The highest BCUT2D eigenvalue weighted by Crippen LogP contribution is 2.26. The van der Waals surface area contributed by atoms with Gasteiger partial charge in [-0.15, -0.1) is 0 Å². The number of aliphatic hydroxyl groups excluding tert-OH is 5. The predicted octanol–water partition coefficient (Wildman–Crippen LogP) is 16.3. The van der Waals surface area contributed by atoms with Gasteiger partial charge in [-0.05, 0) is 103 Å². The summed E-state index contributed by atoms with van der Waals surface area (Å²) in [6, 6.07) is -1.04. The molecular weight excluding hydrogens is 1010 g/mol. The number of allylic oxidation sites excluding steroid dienone is 15. The Labute approximate surface area is 495 Å². The molecule has 11 heteroatoms. The highest BCUT2D eigenvalue weighted by Gasteiger charge is 2.47. The van der Waals surface area contributed by atoms with Gasteiger partial charge in [0, 0.05) is 6.42 Å². The quantitative estimate of drug-likeness (QED) is 0.0195. The number of hydrogen-bond donors (Lipinski definition) is 6. The van der Waals surface area contributed by atoms with Crippen LogP contribution in [0.4, 0.5) is 0 Å². The van der Waals surface area contributed by atoms with E-state index in [0.29, 0.717) is 12.8 Å². The van der Waals surface area contributed by atoms with Crippen molar-refractivity contribution in [1.82, 2.24) is 5.32 Å². The average molecular weight is 1140 g/mol. The second-order valence-electron chi connectivity index (χ2n) is 22.5. The van der Waals surface area contributed by atoms with E-state index >= 15 is 0 Å². The molecule has 1 aliphatic heterocycles. The Kier molecular flexibility index (Phi) is 53.2. The maximum absolute atomic E-state index is 13.5. The van der Waals surface area contributed by atoms with Gasteiger partial charge in [-0.1, -0.05) is 259 Å². The minimum absolute atomic E-state index is 0.0642. The van der Waals surface area contributed by atoms with E-state index in [1.54, 1.807) is 6.08 Å². The summed E-state index contributed by atoms with van der Waals surface area (Å²) in [6.45, 7) is 5.66. The maximum Gasteiger partial charge on any atom is 0.306 e. The van der Waals surface area contributed by atoms with Crippen molar-refractivity contribution in [2.75, 3.05) is 13.2 Å². The second-order valence-corrected chi connectivity index (χ2v) is 22.5. The fourth-order valence-corrected chi connectivity index (χ4v) is 9.77. The largest absolute Gasteiger partial charge is 0.454 e. The summed E-state index contributed by atoms with van der Waals surface area (Å²) in [5, 5.41) is 57.1. The van der Waals surface area contributed by atoms with E-state index in [4.69, 9.17) is 14.2 Å². The predicted molar refractivity (Wildman–Crippen MR) is 338 cm³/mol. The highest BCUT2D eigenvalue weighted by atomic mass is 16.7. The number of carbonyl (C=O) groups is 2. The lowest BCUT2D eigenvalue weighted by Crippen LogP contribution is -2.61. The lowest BCUT2D eigenvalue weighted by molar-refractivity contribution is -0.305. The lowest BCUT2D eigenvalue weighted by atomic mass is 9.99. The molecular formula is C70H121NO10. The Morgan fingerprint density at radius 2 is 0.889 bits per heavy atom. The first-order chi connectivity index (χ1) is 39.7. The number of nitrogens with one attached hydrogen (secondary N) is 1. The number of hydrogen-bond acceptors (Lipinski definition) is 10. The van der Waals surface area contributed by atoms with Crippen molar-refractivity contribution in [2.24, 2.45) is 0 Å². The van der Waals surface area contributed by atoms with Crippen LogP contribution in [0.25, 0.3) is 0 Å².